The molecule has 0 aliphatic rings. The van der Waals surface area contributed by atoms with Crippen molar-refractivity contribution in [3.05, 3.63) is 71.3 Å². The van der Waals surface area contributed by atoms with Gasteiger partial charge < -0.3 is 14.8 Å². The number of methoxy groups -OCH3 is 2. The molecule has 1 N–H and O–H groups in total. The lowest BCUT2D eigenvalue weighted by Gasteiger charge is -2.12. The van der Waals surface area contributed by atoms with Crippen molar-refractivity contribution in [1.29, 1.82) is 0 Å². The predicted octanol–water partition coefficient (Wildman–Crippen LogP) is 3.78. The molecule has 30 heavy (non-hydrogen) atoms. The van der Waals surface area contributed by atoms with Crippen molar-refractivity contribution in [3.8, 4) is 21.9 Å². The second-order valence-corrected chi connectivity index (χ2v) is 7.54. The maximum Gasteiger partial charge on any atom is 0.271 e. The third kappa shape index (κ3) is 3.90. The van der Waals surface area contributed by atoms with E-state index < -0.39 is 0 Å². The molecule has 2 heterocycles. The number of fused-ring (bicyclic) bond motifs is 1. The standard InChI is InChI=1S/C22H19N3O4S/c1-28-15-8-9-18(29-2)16(10-15)24-20(26)12-25-13-23-17-11-19(30-21(17)22(25)27)14-6-4-3-5-7-14/h3-11,13H,12H2,1-2H3,(H,24,26). The minimum Gasteiger partial charge on any atom is -0.497 e. The van der Waals surface area contributed by atoms with Crippen LogP contribution in [-0.2, 0) is 11.3 Å². The quantitative estimate of drug-likeness (QED) is 0.512. The van der Waals surface area contributed by atoms with Crippen molar-refractivity contribution in [3.63, 3.8) is 0 Å². The van der Waals surface area contributed by atoms with Gasteiger partial charge in [-0.1, -0.05) is 30.3 Å². The highest BCUT2D eigenvalue weighted by Gasteiger charge is 2.14. The van der Waals surface area contributed by atoms with Gasteiger partial charge in [0.25, 0.3) is 5.56 Å². The molecule has 0 fully saturated rings. The minimum atomic E-state index is -0.371. The summed E-state index contributed by atoms with van der Waals surface area (Å²) in [4.78, 5) is 30.8. The number of thiophene rings is 1. The van der Waals surface area contributed by atoms with Crippen molar-refractivity contribution in [2.75, 3.05) is 19.5 Å². The van der Waals surface area contributed by atoms with Crippen LogP contribution in [0.25, 0.3) is 20.7 Å². The van der Waals surface area contributed by atoms with Crippen molar-refractivity contribution in [1.82, 2.24) is 9.55 Å². The van der Waals surface area contributed by atoms with E-state index in [1.165, 1.54) is 29.3 Å². The second-order valence-electron chi connectivity index (χ2n) is 6.48. The van der Waals surface area contributed by atoms with Crippen molar-refractivity contribution in [2.24, 2.45) is 0 Å². The van der Waals surface area contributed by atoms with Crippen LogP contribution in [0, 0.1) is 0 Å². The van der Waals surface area contributed by atoms with Gasteiger partial charge in [0.1, 0.15) is 22.7 Å². The Morgan fingerprint density at radius 1 is 1.10 bits per heavy atom. The summed E-state index contributed by atoms with van der Waals surface area (Å²) in [5.41, 5.74) is 1.86. The van der Waals surface area contributed by atoms with E-state index in [1.807, 2.05) is 36.4 Å². The molecule has 2 aromatic heterocycles. The molecule has 2 aromatic carbocycles. The van der Waals surface area contributed by atoms with Gasteiger partial charge in [-0.3, -0.25) is 14.2 Å². The summed E-state index contributed by atoms with van der Waals surface area (Å²) in [6, 6.07) is 16.8. The molecule has 152 valence electrons. The molecule has 0 aliphatic heterocycles. The predicted molar refractivity (Wildman–Crippen MR) is 117 cm³/mol. The van der Waals surface area contributed by atoms with Gasteiger partial charge in [0, 0.05) is 10.9 Å². The van der Waals surface area contributed by atoms with Crippen molar-refractivity contribution >= 4 is 33.1 Å². The van der Waals surface area contributed by atoms with Crippen LogP contribution >= 0.6 is 11.3 Å². The SMILES string of the molecule is COc1ccc(OC)c(NC(=O)Cn2cnc3cc(-c4ccccc4)sc3c2=O)c1. The summed E-state index contributed by atoms with van der Waals surface area (Å²) >= 11 is 1.37. The monoisotopic (exact) mass is 421 g/mol. The summed E-state index contributed by atoms with van der Waals surface area (Å²) in [5, 5.41) is 2.76. The number of nitrogens with one attached hydrogen (secondary N) is 1. The van der Waals surface area contributed by atoms with E-state index in [0.717, 1.165) is 10.4 Å². The second kappa shape index (κ2) is 8.38. The Hall–Kier alpha value is -3.65. The molecule has 4 aromatic rings. The number of ether oxygens (including phenoxy) is 2. The third-order valence-electron chi connectivity index (χ3n) is 4.56. The van der Waals surface area contributed by atoms with Gasteiger partial charge in [-0.15, -0.1) is 11.3 Å². The summed E-state index contributed by atoms with van der Waals surface area (Å²) < 4.78 is 12.3. The van der Waals surface area contributed by atoms with Gasteiger partial charge >= 0.3 is 0 Å². The zero-order valence-electron chi connectivity index (χ0n) is 16.4. The number of carbonyl (C=O) groups excluding carboxylic acids is 1. The molecular weight excluding hydrogens is 402 g/mol. The van der Waals surface area contributed by atoms with Crippen LogP contribution in [-0.4, -0.2) is 29.7 Å². The summed E-state index contributed by atoms with van der Waals surface area (Å²) in [7, 11) is 3.06. The first-order chi connectivity index (χ1) is 14.6. The highest BCUT2D eigenvalue weighted by atomic mass is 32.1. The molecule has 8 heteroatoms. The Kier molecular flexibility index (Phi) is 5.49. The number of amides is 1. The van der Waals surface area contributed by atoms with Crippen LogP contribution in [0.1, 0.15) is 0 Å². The summed E-state index contributed by atoms with van der Waals surface area (Å²) in [5.74, 6) is 0.707. The third-order valence-corrected chi connectivity index (χ3v) is 5.72. The van der Waals surface area contributed by atoms with Gasteiger partial charge in [0.05, 0.1) is 31.8 Å². The zero-order valence-corrected chi connectivity index (χ0v) is 17.2. The average Bonchev–Trinajstić information content (AvgIpc) is 3.21. The molecule has 4 rings (SSSR count). The zero-order chi connectivity index (χ0) is 21.1. The molecule has 0 saturated carbocycles. The van der Waals surface area contributed by atoms with E-state index >= 15 is 0 Å². The number of hydrogen-bond acceptors (Lipinski definition) is 6. The number of hydrogen-bond donors (Lipinski definition) is 1. The van der Waals surface area contributed by atoms with E-state index in [4.69, 9.17) is 9.47 Å². The van der Waals surface area contributed by atoms with Gasteiger partial charge in [-0.2, -0.15) is 0 Å². The Labute approximate surface area is 176 Å². The molecule has 0 saturated heterocycles. The molecular formula is C22H19N3O4S. The largest absolute Gasteiger partial charge is 0.497 e. The van der Waals surface area contributed by atoms with E-state index in [1.54, 1.807) is 25.3 Å². The normalized spacial score (nSPS) is 10.7. The molecule has 0 spiro atoms. The van der Waals surface area contributed by atoms with E-state index in [0.29, 0.717) is 27.4 Å². The first-order valence-electron chi connectivity index (χ1n) is 9.15. The van der Waals surface area contributed by atoms with Crippen LogP contribution in [0.5, 0.6) is 11.5 Å². The Bertz CT molecular complexity index is 1260. The van der Waals surface area contributed by atoms with Crippen LogP contribution < -0.4 is 20.3 Å². The first-order valence-corrected chi connectivity index (χ1v) is 9.97. The Morgan fingerprint density at radius 3 is 2.63 bits per heavy atom. The fourth-order valence-electron chi connectivity index (χ4n) is 3.06. The number of nitrogens with zero attached hydrogens (tertiary/aromatic N) is 2. The molecule has 0 atom stereocenters. The smallest absolute Gasteiger partial charge is 0.271 e. The van der Waals surface area contributed by atoms with E-state index in [-0.39, 0.29) is 18.0 Å². The number of anilines is 1. The highest BCUT2D eigenvalue weighted by Crippen LogP contribution is 2.31. The summed E-state index contributed by atoms with van der Waals surface area (Å²) in [6.07, 6.45) is 1.40. The number of benzene rings is 2. The van der Waals surface area contributed by atoms with Crippen molar-refractivity contribution < 1.29 is 14.3 Å². The average molecular weight is 421 g/mol. The van der Waals surface area contributed by atoms with E-state index in [9.17, 15) is 9.59 Å². The fourth-order valence-corrected chi connectivity index (χ4v) is 4.12. The van der Waals surface area contributed by atoms with Gasteiger partial charge in [0.15, 0.2) is 0 Å². The Balaban J connectivity index is 1.59. The van der Waals surface area contributed by atoms with Gasteiger partial charge in [-0.25, -0.2) is 4.98 Å². The van der Waals surface area contributed by atoms with Crippen LogP contribution in [0.2, 0.25) is 0 Å². The number of aromatic nitrogens is 2. The van der Waals surface area contributed by atoms with Crippen LogP contribution in [0.15, 0.2) is 65.7 Å². The fraction of sp³-hybridized carbons (Fsp3) is 0.136. The lowest BCUT2D eigenvalue weighted by molar-refractivity contribution is -0.116. The van der Waals surface area contributed by atoms with Gasteiger partial charge in [-0.05, 0) is 23.8 Å². The van der Waals surface area contributed by atoms with Crippen LogP contribution in [0.3, 0.4) is 0 Å². The summed E-state index contributed by atoms with van der Waals surface area (Å²) in [6.45, 7) is -0.166. The topological polar surface area (TPSA) is 82.4 Å². The first kappa shape index (κ1) is 19.7. The lowest BCUT2D eigenvalue weighted by atomic mass is 10.2. The maximum atomic E-state index is 12.9. The number of rotatable bonds is 6. The molecule has 1 amide bonds. The molecule has 0 aliphatic carbocycles. The molecule has 7 nitrogen and oxygen atoms in total. The van der Waals surface area contributed by atoms with Crippen LogP contribution in [0.4, 0.5) is 5.69 Å². The van der Waals surface area contributed by atoms with E-state index in [2.05, 4.69) is 10.3 Å². The molecule has 0 unspecified atom stereocenters. The molecule has 0 bridgehead atoms. The maximum absolute atomic E-state index is 12.9. The number of carbonyl (C=O) groups is 1. The molecule has 0 radical (unpaired) electrons. The van der Waals surface area contributed by atoms with Crippen molar-refractivity contribution in [2.45, 2.75) is 6.54 Å². The minimum absolute atomic E-state index is 0.166. The Morgan fingerprint density at radius 2 is 1.90 bits per heavy atom. The highest BCUT2D eigenvalue weighted by molar-refractivity contribution is 7.22. The van der Waals surface area contributed by atoms with Gasteiger partial charge in [0.2, 0.25) is 5.91 Å². The lowest BCUT2D eigenvalue weighted by Crippen LogP contribution is -2.27.